The fourth-order valence-corrected chi connectivity index (χ4v) is 2.54. The van der Waals surface area contributed by atoms with Crippen molar-refractivity contribution in [2.45, 2.75) is 31.1 Å². The van der Waals surface area contributed by atoms with E-state index in [4.69, 9.17) is 10.8 Å². The normalized spacial score (nSPS) is 11.8. The first-order valence-electron chi connectivity index (χ1n) is 6.62. The Morgan fingerprint density at radius 2 is 2.05 bits per heavy atom. The SMILES string of the molecule is CC(C)(C)c1cc(N)n(-c2cccc(SCCO)c2)n1. The molecule has 0 aliphatic rings. The second-order valence-corrected chi connectivity index (χ2v) is 6.85. The summed E-state index contributed by atoms with van der Waals surface area (Å²) >= 11 is 1.62. The molecule has 0 bridgehead atoms. The molecule has 0 unspecified atom stereocenters. The van der Waals surface area contributed by atoms with Crippen molar-refractivity contribution in [1.29, 1.82) is 0 Å². The molecular formula is C15H21N3OS. The summed E-state index contributed by atoms with van der Waals surface area (Å²) in [5.74, 6) is 1.32. The van der Waals surface area contributed by atoms with Crippen LogP contribution in [0.1, 0.15) is 26.5 Å². The number of rotatable bonds is 4. The van der Waals surface area contributed by atoms with E-state index in [-0.39, 0.29) is 12.0 Å². The predicted molar refractivity (Wildman–Crippen MR) is 84.5 cm³/mol. The third kappa shape index (κ3) is 3.35. The van der Waals surface area contributed by atoms with E-state index in [0.29, 0.717) is 11.6 Å². The quantitative estimate of drug-likeness (QED) is 0.850. The lowest BCUT2D eigenvalue weighted by Crippen LogP contribution is -2.12. The number of benzene rings is 1. The van der Waals surface area contributed by atoms with Gasteiger partial charge in [0, 0.05) is 22.1 Å². The molecule has 2 aromatic rings. The number of anilines is 1. The van der Waals surface area contributed by atoms with Crippen LogP contribution in [-0.4, -0.2) is 27.2 Å². The lowest BCUT2D eigenvalue weighted by atomic mass is 9.92. The zero-order valence-electron chi connectivity index (χ0n) is 12.1. The van der Waals surface area contributed by atoms with Crippen molar-refractivity contribution in [1.82, 2.24) is 9.78 Å². The van der Waals surface area contributed by atoms with Crippen molar-refractivity contribution in [3.63, 3.8) is 0 Å². The largest absolute Gasteiger partial charge is 0.396 e. The number of aromatic nitrogens is 2. The third-order valence-corrected chi connectivity index (χ3v) is 3.90. The van der Waals surface area contributed by atoms with Gasteiger partial charge in [0.25, 0.3) is 0 Å². The van der Waals surface area contributed by atoms with Crippen molar-refractivity contribution in [3.8, 4) is 5.69 Å². The minimum Gasteiger partial charge on any atom is -0.396 e. The van der Waals surface area contributed by atoms with Crippen LogP contribution >= 0.6 is 11.8 Å². The van der Waals surface area contributed by atoms with Crippen LogP contribution in [0.5, 0.6) is 0 Å². The number of nitrogens with zero attached hydrogens (tertiary/aromatic N) is 2. The first-order valence-corrected chi connectivity index (χ1v) is 7.60. The lowest BCUT2D eigenvalue weighted by Gasteiger charge is -2.14. The zero-order valence-corrected chi connectivity index (χ0v) is 12.9. The topological polar surface area (TPSA) is 64.1 Å². The summed E-state index contributed by atoms with van der Waals surface area (Å²) in [7, 11) is 0. The molecule has 1 aromatic carbocycles. The van der Waals surface area contributed by atoms with Gasteiger partial charge in [-0.3, -0.25) is 0 Å². The van der Waals surface area contributed by atoms with Gasteiger partial charge in [-0.1, -0.05) is 26.8 Å². The summed E-state index contributed by atoms with van der Waals surface area (Å²) in [6.45, 7) is 6.53. The number of hydrogen-bond donors (Lipinski definition) is 2. The van der Waals surface area contributed by atoms with Crippen LogP contribution in [-0.2, 0) is 5.41 Å². The zero-order chi connectivity index (χ0) is 14.8. The van der Waals surface area contributed by atoms with Crippen LogP contribution in [0.2, 0.25) is 0 Å². The Bertz CT molecular complexity index is 587. The molecule has 108 valence electrons. The maximum atomic E-state index is 8.89. The molecule has 0 aliphatic carbocycles. The van der Waals surface area contributed by atoms with Gasteiger partial charge in [0.2, 0.25) is 0 Å². The van der Waals surface area contributed by atoms with Crippen LogP contribution < -0.4 is 5.73 Å². The summed E-state index contributed by atoms with van der Waals surface area (Å²) < 4.78 is 1.77. The molecule has 0 fully saturated rings. The monoisotopic (exact) mass is 291 g/mol. The number of thioether (sulfide) groups is 1. The van der Waals surface area contributed by atoms with Gasteiger partial charge in [0.05, 0.1) is 18.0 Å². The highest BCUT2D eigenvalue weighted by Crippen LogP contribution is 2.26. The molecule has 0 radical (unpaired) electrons. The van der Waals surface area contributed by atoms with Gasteiger partial charge in [-0.25, -0.2) is 4.68 Å². The van der Waals surface area contributed by atoms with E-state index < -0.39 is 0 Å². The van der Waals surface area contributed by atoms with E-state index in [1.54, 1.807) is 16.4 Å². The number of aliphatic hydroxyl groups excluding tert-OH is 1. The van der Waals surface area contributed by atoms with Gasteiger partial charge in [-0.2, -0.15) is 5.10 Å². The average Bonchev–Trinajstić information content (AvgIpc) is 2.79. The summed E-state index contributed by atoms with van der Waals surface area (Å²) in [4.78, 5) is 1.10. The molecular weight excluding hydrogens is 270 g/mol. The minimum absolute atomic E-state index is 0.0252. The Kier molecular flexibility index (Phi) is 4.40. The van der Waals surface area contributed by atoms with Crippen molar-refractivity contribution in [2.24, 2.45) is 0 Å². The van der Waals surface area contributed by atoms with Crippen molar-refractivity contribution >= 4 is 17.6 Å². The summed E-state index contributed by atoms with van der Waals surface area (Å²) in [5.41, 5.74) is 7.97. The molecule has 5 heteroatoms. The summed E-state index contributed by atoms with van der Waals surface area (Å²) in [6, 6.07) is 9.95. The molecule has 4 nitrogen and oxygen atoms in total. The van der Waals surface area contributed by atoms with E-state index in [9.17, 15) is 0 Å². The average molecular weight is 291 g/mol. The van der Waals surface area contributed by atoms with E-state index in [1.165, 1.54) is 0 Å². The molecule has 0 atom stereocenters. The van der Waals surface area contributed by atoms with E-state index in [0.717, 1.165) is 16.3 Å². The highest BCUT2D eigenvalue weighted by atomic mass is 32.2. The minimum atomic E-state index is -0.0252. The van der Waals surface area contributed by atoms with Crippen molar-refractivity contribution < 1.29 is 5.11 Å². The Labute approximate surface area is 124 Å². The molecule has 1 aromatic heterocycles. The molecule has 20 heavy (non-hydrogen) atoms. The standard InChI is InChI=1S/C15H21N3OS/c1-15(2,3)13-10-14(16)18(17-13)11-5-4-6-12(9-11)20-8-7-19/h4-6,9-10,19H,7-8,16H2,1-3H3. The van der Waals surface area contributed by atoms with Crippen LogP contribution in [0.4, 0.5) is 5.82 Å². The second kappa shape index (κ2) is 5.89. The van der Waals surface area contributed by atoms with Gasteiger partial charge in [0.1, 0.15) is 5.82 Å². The van der Waals surface area contributed by atoms with E-state index >= 15 is 0 Å². The molecule has 0 aliphatic heterocycles. The molecule has 2 rings (SSSR count). The first kappa shape index (κ1) is 14.9. The molecule has 0 amide bonds. The second-order valence-electron chi connectivity index (χ2n) is 5.69. The van der Waals surface area contributed by atoms with Gasteiger partial charge in [0.15, 0.2) is 0 Å². The summed E-state index contributed by atoms with van der Waals surface area (Å²) in [6.07, 6.45) is 0. The van der Waals surface area contributed by atoms with E-state index in [1.807, 2.05) is 30.3 Å². The Morgan fingerprint density at radius 3 is 2.65 bits per heavy atom. The number of nitrogen functional groups attached to an aromatic ring is 1. The molecule has 0 saturated heterocycles. The van der Waals surface area contributed by atoms with Crippen LogP contribution in [0, 0.1) is 0 Å². The smallest absolute Gasteiger partial charge is 0.127 e. The molecule has 0 saturated carbocycles. The fourth-order valence-electron chi connectivity index (χ4n) is 1.84. The number of nitrogens with two attached hydrogens (primary N) is 1. The van der Waals surface area contributed by atoms with Gasteiger partial charge < -0.3 is 10.8 Å². The predicted octanol–water partition coefficient (Wildman–Crippen LogP) is 2.84. The third-order valence-electron chi connectivity index (χ3n) is 2.93. The van der Waals surface area contributed by atoms with Crippen molar-refractivity contribution in [2.75, 3.05) is 18.1 Å². The molecule has 1 heterocycles. The number of hydrogen-bond acceptors (Lipinski definition) is 4. The number of aliphatic hydroxyl groups is 1. The van der Waals surface area contributed by atoms with Crippen LogP contribution in [0.15, 0.2) is 35.2 Å². The van der Waals surface area contributed by atoms with Gasteiger partial charge in [-0.15, -0.1) is 11.8 Å². The highest BCUT2D eigenvalue weighted by molar-refractivity contribution is 7.99. The molecule has 3 N–H and O–H groups in total. The first-order chi connectivity index (χ1) is 9.41. The Balaban J connectivity index is 2.34. The van der Waals surface area contributed by atoms with Gasteiger partial charge >= 0.3 is 0 Å². The maximum Gasteiger partial charge on any atom is 0.127 e. The van der Waals surface area contributed by atoms with E-state index in [2.05, 4.69) is 25.9 Å². The molecule has 0 spiro atoms. The maximum absolute atomic E-state index is 8.89. The Morgan fingerprint density at radius 1 is 1.30 bits per heavy atom. The van der Waals surface area contributed by atoms with Gasteiger partial charge in [-0.05, 0) is 18.2 Å². The lowest BCUT2D eigenvalue weighted by molar-refractivity contribution is 0.322. The fraction of sp³-hybridized carbons (Fsp3) is 0.400. The van der Waals surface area contributed by atoms with Crippen molar-refractivity contribution in [3.05, 3.63) is 36.0 Å². The Hall–Kier alpha value is -1.46. The van der Waals surface area contributed by atoms with Crippen LogP contribution in [0.3, 0.4) is 0 Å². The summed E-state index contributed by atoms with van der Waals surface area (Å²) in [5, 5.41) is 13.5. The van der Waals surface area contributed by atoms with Crippen LogP contribution in [0.25, 0.3) is 5.69 Å². The highest BCUT2D eigenvalue weighted by Gasteiger charge is 2.19.